The van der Waals surface area contributed by atoms with Crippen LogP contribution in [0.1, 0.15) is 56.4 Å². The van der Waals surface area contributed by atoms with Crippen molar-refractivity contribution >= 4 is 0 Å². The molecule has 2 nitrogen and oxygen atoms in total. The molecule has 4 rings (SSSR count). The van der Waals surface area contributed by atoms with Crippen molar-refractivity contribution in [2.24, 2.45) is 0 Å². The third-order valence-corrected chi connectivity index (χ3v) is 4.20. The molecule has 2 heteroatoms. The molecule has 3 aliphatic rings. The van der Waals surface area contributed by atoms with Crippen LogP contribution in [0.15, 0.2) is 30.3 Å². The quantitative estimate of drug-likeness (QED) is 0.858. The van der Waals surface area contributed by atoms with Gasteiger partial charge < -0.3 is 6.15 Å². The fourth-order valence-corrected chi connectivity index (χ4v) is 2.89. The van der Waals surface area contributed by atoms with Gasteiger partial charge in [0.15, 0.2) is 0 Å². The summed E-state index contributed by atoms with van der Waals surface area (Å²) in [6.45, 7) is 2.68. The number of benzene rings is 1. The topological polar surface area (TPSA) is 38.2 Å². The van der Waals surface area contributed by atoms with Crippen LogP contribution >= 0.6 is 0 Å². The number of hydrogen-bond acceptors (Lipinski definition) is 2. The highest BCUT2D eigenvalue weighted by atomic mass is 15.2. The number of likely N-dealkylation sites (tertiary alicyclic amines) is 1. The summed E-state index contributed by atoms with van der Waals surface area (Å²) in [5.74, 6) is 0.837. The van der Waals surface area contributed by atoms with Gasteiger partial charge in [-0.05, 0) is 37.9 Å². The molecule has 0 aromatic heterocycles. The molecule has 3 N–H and O–H groups in total. The molecule has 106 valence electrons. The first kappa shape index (κ1) is 14.5. The van der Waals surface area contributed by atoms with Gasteiger partial charge >= 0.3 is 0 Å². The molecule has 1 saturated heterocycles. The molecule has 2 saturated carbocycles. The number of rotatable bonds is 2. The van der Waals surface area contributed by atoms with E-state index in [1.54, 1.807) is 5.56 Å². The molecule has 1 aromatic carbocycles. The van der Waals surface area contributed by atoms with Crippen LogP contribution in [0.25, 0.3) is 0 Å². The van der Waals surface area contributed by atoms with Crippen molar-refractivity contribution in [1.29, 1.82) is 0 Å². The van der Waals surface area contributed by atoms with Crippen molar-refractivity contribution in [3.63, 3.8) is 0 Å². The van der Waals surface area contributed by atoms with Gasteiger partial charge in [-0.3, -0.25) is 4.90 Å². The van der Waals surface area contributed by atoms with E-state index in [4.69, 9.17) is 0 Å². The van der Waals surface area contributed by atoms with Crippen molar-refractivity contribution < 1.29 is 0 Å². The fraction of sp³-hybridized carbons (Fsp3) is 0.647. The van der Waals surface area contributed by atoms with Crippen molar-refractivity contribution in [2.75, 3.05) is 13.1 Å². The lowest BCUT2D eigenvalue weighted by molar-refractivity contribution is 0.216. The Kier molecular flexibility index (Phi) is 5.41. The minimum absolute atomic E-state index is 0. The number of nitrogens with zero attached hydrogens (tertiary/aromatic N) is 1. The molecule has 1 heterocycles. The van der Waals surface area contributed by atoms with E-state index in [2.05, 4.69) is 35.2 Å². The van der Waals surface area contributed by atoms with Gasteiger partial charge in [0.05, 0.1) is 0 Å². The second-order valence-electron chi connectivity index (χ2n) is 5.98. The Morgan fingerprint density at radius 2 is 1.37 bits per heavy atom. The van der Waals surface area contributed by atoms with Crippen molar-refractivity contribution in [1.82, 2.24) is 11.1 Å². The molecular formula is C17H28N2. The van der Waals surface area contributed by atoms with E-state index in [9.17, 15) is 0 Å². The molecule has 1 aliphatic heterocycles. The first-order valence-corrected chi connectivity index (χ1v) is 7.74. The predicted molar refractivity (Wildman–Crippen MR) is 81.9 cm³/mol. The minimum atomic E-state index is 0. The summed E-state index contributed by atoms with van der Waals surface area (Å²) in [5, 5.41) is 0. The summed E-state index contributed by atoms with van der Waals surface area (Å²) < 4.78 is 0. The number of piperidine rings is 1. The summed E-state index contributed by atoms with van der Waals surface area (Å²) in [6, 6.07) is 11.9. The van der Waals surface area contributed by atoms with E-state index < -0.39 is 0 Å². The van der Waals surface area contributed by atoms with Gasteiger partial charge in [-0.2, -0.15) is 0 Å². The smallest absolute Gasteiger partial charge is 0.0171 e. The normalized spacial score (nSPS) is 28.6. The Labute approximate surface area is 117 Å². The Morgan fingerprint density at radius 3 is 1.95 bits per heavy atom. The lowest BCUT2D eigenvalue weighted by Gasteiger charge is -2.26. The van der Waals surface area contributed by atoms with Crippen LogP contribution in [0, 0.1) is 0 Å². The monoisotopic (exact) mass is 260 g/mol. The van der Waals surface area contributed by atoms with Crippen LogP contribution in [0.3, 0.4) is 0 Å². The Hall–Kier alpha value is -0.860. The molecular weight excluding hydrogens is 232 g/mol. The van der Waals surface area contributed by atoms with Crippen LogP contribution in [-0.2, 0) is 0 Å². The first-order valence-electron chi connectivity index (χ1n) is 7.74. The highest BCUT2D eigenvalue weighted by molar-refractivity contribution is 5.27. The average molecular weight is 260 g/mol. The lowest BCUT2D eigenvalue weighted by Crippen LogP contribution is -2.32. The molecule has 2 unspecified atom stereocenters. The molecule has 3 fully saturated rings. The zero-order valence-electron chi connectivity index (χ0n) is 12.1. The van der Waals surface area contributed by atoms with Gasteiger partial charge in [0.25, 0.3) is 0 Å². The molecule has 0 bridgehead atoms. The zero-order valence-corrected chi connectivity index (χ0v) is 12.1. The molecule has 0 radical (unpaired) electrons. The van der Waals surface area contributed by atoms with Gasteiger partial charge in [-0.1, -0.05) is 56.0 Å². The largest absolute Gasteiger partial charge is 0.344 e. The molecule has 19 heavy (non-hydrogen) atoms. The summed E-state index contributed by atoms with van der Waals surface area (Å²) in [4.78, 5) is 2.71. The average Bonchev–Trinajstić information content (AvgIpc) is 3.34. The van der Waals surface area contributed by atoms with Crippen molar-refractivity contribution in [3.05, 3.63) is 35.9 Å². The van der Waals surface area contributed by atoms with Gasteiger partial charge in [0.2, 0.25) is 0 Å². The third-order valence-electron chi connectivity index (χ3n) is 4.20. The van der Waals surface area contributed by atoms with Gasteiger partial charge in [-0.15, -0.1) is 0 Å². The lowest BCUT2D eigenvalue weighted by atomic mass is 10.1. The van der Waals surface area contributed by atoms with Crippen molar-refractivity contribution in [2.45, 2.75) is 56.9 Å². The third kappa shape index (κ3) is 4.32. The van der Waals surface area contributed by atoms with Crippen molar-refractivity contribution in [3.8, 4) is 0 Å². The van der Waals surface area contributed by atoms with Gasteiger partial charge in [-0.25, -0.2) is 0 Å². The van der Waals surface area contributed by atoms with Crippen LogP contribution < -0.4 is 6.15 Å². The predicted octanol–water partition coefficient (Wildman–Crippen LogP) is 4.36. The van der Waals surface area contributed by atoms with E-state index in [1.807, 2.05) is 0 Å². The fourth-order valence-electron chi connectivity index (χ4n) is 2.89. The standard InChI is InChI=1S/C14H19N.C3H6.H3N/c1-3-7-12(8-4-1)13-11-14(13)15-9-5-2-6-10-15;1-2-3-1;/h1,3-4,7-8,13-14H,2,5-6,9-11H2;1-3H2;1H3. The van der Waals surface area contributed by atoms with Gasteiger partial charge in [0, 0.05) is 12.0 Å². The SMILES string of the molecule is C1CC1.N.c1ccc(C2CC2N2CCCCC2)cc1. The summed E-state index contributed by atoms with van der Waals surface area (Å²) in [5.41, 5.74) is 1.55. The van der Waals surface area contributed by atoms with E-state index in [1.165, 1.54) is 58.0 Å². The van der Waals surface area contributed by atoms with Crippen LogP contribution in [-0.4, -0.2) is 24.0 Å². The first-order chi connectivity index (χ1) is 8.95. The molecule has 2 atom stereocenters. The zero-order chi connectivity index (χ0) is 12.2. The minimum Gasteiger partial charge on any atom is -0.344 e. The second-order valence-corrected chi connectivity index (χ2v) is 5.98. The Bertz CT molecular complexity index is 352. The molecule has 1 aromatic rings. The van der Waals surface area contributed by atoms with E-state index >= 15 is 0 Å². The molecule has 0 amide bonds. The Morgan fingerprint density at radius 1 is 0.789 bits per heavy atom. The van der Waals surface area contributed by atoms with E-state index in [0.29, 0.717) is 0 Å². The van der Waals surface area contributed by atoms with Gasteiger partial charge in [0.1, 0.15) is 0 Å². The highest BCUT2D eigenvalue weighted by Gasteiger charge is 2.42. The number of hydrogen-bond donors (Lipinski definition) is 1. The molecule has 0 spiro atoms. The van der Waals surface area contributed by atoms with Crippen LogP contribution in [0.2, 0.25) is 0 Å². The maximum atomic E-state index is 2.71. The summed E-state index contributed by atoms with van der Waals surface area (Å²) >= 11 is 0. The summed E-state index contributed by atoms with van der Waals surface area (Å²) in [7, 11) is 0. The maximum absolute atomic E-state index is 2.71. The van der Waals surface area contributed by atoms with Crippen LogP contribution in [0.5, 0.6) is 0 Å². The Balaban J connectivity index is 0.000000296. The maximum Gasteiger partial charge on any atom is 0.0171 e. The summed E-state index contributed by atoms with van der Waals surface area (Å²) in [6.07, 6.45) is 10.2. The van der Waals surface area contributed by atoms with E-state index in [-0.39, 0.29) is 6.15 Å². The second kappa shape index (κ2) is 7.06. The highest BCUT2D eigenvalue weighted by Crippen LogP contribution is 2.45. The van der Waals surface area contributed by atoms with E-state index in [0.717, 1.165) is 12.0 Å². The van der Waals surface area contributed by atoms with Crippen LogP contribution in [0.4, 0.5) is 0 Å². The molecule has 2 aliphatic carbocycles.